The standard InChI is InChI=1S/C17H24O4.C16H24O2/c1-10(2)16(19)20-9-15(18)21-17(3)13-5-11-4-12(7-13)8-14(17)6-11;1-4-15(17)18-16(10(2)3)13-6-11-5-12(8-13)9-14(16)7-11/h11-14H,1,4-9H2,2-3H3;4,10-14H,1,5-9H2,2-3H3. The molecule has 0 amide bonds. The molecule has 0 heterocycles. The predicted molar refractivity (Wildman–Crippen MR) is 148 cm³/mol. The zero-order valence-electron chi connectivity index (χ0n) is 24.4. The fourth-order valence-corrected chi connectivity index (χ4v) is 10.2. The van der Waals surface area contributed by atoms with Crippen LogP contribution in [0.5, 0.6) is 0 Å². The number of hydrogen-bond donors (Lipinski definition) is 0. The number of ether oxygens (including phenoxy) is 3. The second-order valence-electron chi connectivity index (χ2n) is 14.3. The molecule has 0 aliphatic heterocycles. The van der Waals surface area contributed by atoms with E-state index in [1.54, 1.807) is 6.92 Å². The lowest BCUT2D eigenvalue weighted by atomic mass is 9.47. The maximum absolute atomic E-state index is 12.0. The van der Waals surface area contributed by atoms with E-state index in [1.165, 1.54) is 70.3 Å². The second-order valence-corrected chi connectivity index (χ2v) is 14.3. The molecular weight excluding hydrogens is 492 g/mol. The van der Waals surface area contributed by atoms with Crippen LogP contribution in [0, 0.1) is 53.3 Å². The summed E-state index contributed by atoms with van der Waals surface area (Å²) in [6.07, 6.45) is 13.9. The van der Waals surface area contributed by atoms with Gasteiger partial charge in [-0.2, -0.15) is 0 Å². The van der Waals surface area contributed by atoms with Gasteiger partial charge in [-0.05, 0) is 131 Å². The molecule has 8 aliphatic rings. The highest BCUT2D eigenvalue weighted by molar-refractivity contribution is 5.88. The smallest absolute Gasteiger partial charge is 0.344 e. The molecule has 8 aliphatic carbocycles. The van der Waals surface area contributed by atoms with Gasteiger partial charge in [0.2, 0.25) is 0 Å². The van der Waals surface area contributed by atoms with Crippen molar-refractivity contribution in [3.63, 3.8) is 0 Å². The average Bonchev–Trinajstić information content (AvgIpc) is 2.87. The SMILES string of the molecule is C=C(C)C(=O)OCC(=O)OC1(C)C2CC3CC(C2)CC1C3.C=CC(=O)OC1(C(C)C)C2CC3CC(C2)CC1C3. The minimum atomic E-state index is -0.540. The largest absolute Gasteiger partial charge is 0.456 e. The van der Waals surface area contributed by atoms with Crippen LogP contribution in [0.4, 0.5) is 0 Å². The lowest BCUT2D eigenvalue weighted by Gasteiger charge is -2.61. The van der Waals surface area contributed by atoms with E-state index in [1.807, 2.05) is 0 Å². The topological polar surface area (TPSA) is 78.9 Å². The fourth-order valence-electron chi connectivity index (χ4n) is 10.2. The first-order valence-corrected chi connectivity index (χ1v) is 15.3. The van der Waals surface area contributed by atoms with Crippen LogP contribution < -0.4 is 0 Å². The molecule has 0 atom stereocenters. The minimum Gasteiger partial charge on any atom is -0.456 e. The maximum atomic E-state index is 12.0. The highest BCUT2D eigenvalue weighted by atomic mass is 16.6. The highest BCUT2D eigenvalue weighted by Crippen LogP contribution is 2.62. The van der Waals surface area contributed by atoms with Crippen molar-refractivity contribution in [1.29, 1.82) is 0 Å². The van der Waals surface area contributed by atoms with Crippen molar-refractivity contribution in [2.75, 3.05) is 6.61 Å². The van der Waals surface area contributed by atoms with Gasteiger partial charge >= 0.3 is 17.9 Å². The summed E-state index contributed by atoms with van der Waals surface area (Å²) in [6.45, 7) is 14.8. The van der Waals surface area contributed by atoms with Crippen molar-refractivity contribution < 1.29 is 28.6 Å². The van der Waals surface area contributed by atoms with Crippen molar-refractivity contribution in [3.8, 4) is 0 Å². The van der Waals surface area contributed by atoms with Gasteiger partial charge in [0.05, 0.1) is 0 Å². The fraction of sp³-hybridized carbons (Fsp3) is 0.788. The first-order chi connectivity index (χ1) is 18.4. The Balaban J connectivity index is 0.000000160. The Hall–Kier alpha value is -2.11. The van der Waals surface area contributed by atoms with Crippen molar-refractivity contribution in [3.05, 3.63) is 24.8 Å². The zero-order valence-corrected chi connectivity index (χ0v) is 24.4. The summed E-state index contributed by atoms with van der Waals surface area (Å²) in [5.74, 6) is 4.85. The molecule has 216 valence electrons. The van der Waals surface area contributed by atoms with Crippen molar-refractivity contribution in [2.45, 2.75) is 103 Å². The van der Waals surface area contributed by atoms with Gasteiger partial charge in [0, 0.05) is 11.6 Å². The zero-order chi connectivity index (χ0) is 28.1. The number of hydrogen-bond acceptors (Lipinski definition) is 6. The van der Waals surface area contributed by atoms with Crippen LogP contribution in [-0.4, -0.2) is 35.7 Å². The Morgan fingerprint density at radius 1 is 0.795 bits per heavy atom. The van der Waals surface area contributed by atoms with E-state index in [9.17, 15) is 14.4 Å². The molecule has 6 heteroatoms. The minimum absolute atomic E-state index is 0.196. The lowest BCUT2D eigenvalue weighted by molar-refractivity contribution is -0.220. The number of esters is 3. The van der Waals surface area contributed by atoms with Gasteiger partial charge in [0.25, 0.3) is 0 Å². The van der Waals surface area contributed by atoms with Crippen molar-refractivity contribution in [1.82, 2.24) is 0 Å². The third kappa shape index (κ3) is 5.22. The molecule has 39 heavy (non-hydrogen) atoms. The highest BCUT2D eigenvalue weighted by Gasteiger charge is 2.61. The molecular formula is C33H48O6. The molecule has 0 spiro atoms. The van der Waals surface area contributed by atoms with Crippen molar-refractivity contribution >= 4 is 17.9 Å². The quantitative estimate of drug-likeness (QED) is 0.210. The summed E-state index contributed by atoms with van der Waals surface area (Å²) in [4.78, 5) is 35.1. The molecule has 0 aromatic heterocycles. The molecule has 8 fully saturated rings. The summed E-state index contributed by atoms with van der Waals surface area (Å²) in [5.41, 5.74) is -0.262. The molecule has 0 aromatic rings. The van der Waals surface area contributed by atoms with Crippen molar-refractivity contribution in [2.24, 2.45) is 53.3 Å². The Morgan fingerprint density at radius 2 is 1.23 bits per heavy atom. The number of carbonyl (C=O) groups excluding carboxylic acids is 3. The summed E-state index contributed by atoms with van der Waals surface area (Å²) < 4.78 is 16.7. The van der Waals surface area contributed by atoms with Gasteiger partial charge < -0.3 is 14.2 Å². The van der Waals surface area contributed by atoms with Gasteiger partial charge in [-0.1, -0.05) is 27.0 Å². The maximum Gasteiger partial charge on any atom is 0.344 e. The molecule has 0 aromatic carbocycles. The second kappa shape index (κ2) is 10.7. The number of carbonyl (C=O) groups is 3. The third-order valence-electron chi connectivity index (χ3n) is 11.5. The molecule has 6 nitrogen and oxygen atoms in total. The Morgan fingerprint density at radius 3 is 1.62 bits per heavy atom. The Kier molecular flexibility index (Phi) is 7.80. The molecule has 8 bridgehead atoms. The van der Waals surface area contributed by atoms with E-state index in [4.69, 9.17) is 14.2 Å². The van der Waals surface area contributed by atoms with Gasteiger partial charge in [0.1, 0.15) is 11.2 Å². The van der Waals surface area contributed by atoms with Crippen LogP contribution in [0.15, 0.2) is 24.8 Å². The molecule has 8 rings (SSSR count). The number of rotatable bonds is 7. The van der Waals surface area contributed by atoms with Gasteiger partial charge in [0.15, 0.2) is 6.61 Å². The third-order valence-corrected chi connectivity index (χ3v) is 11.5. The molecule has 0 radical (unpaired) electrons. The van der Waals surface area contributed by atoms with Gasteiger partial charge in [-0.15, -0.1) is 0 Å². The van der Waals surface area contributed by atoms with Gasteiger partial charge in [-0.3, -0.25) is 0 Å². The van der Waals surface area contributed by atoms with E-state index < -0.39 is 11.9 Å². The van der Waals surface area contributed by atoms with Crippen LogP contribution in [0.25, 0.3) is 0 Å². The monoisotopic (exact) mass is 540 g/mol. The van der Waals surface area contributed by atoms with Crippen LogP contribution in [0.1, 0.15) is 91.9 Å². The van der Waals surface area contributed by atoms with E-state index in [2.05, 4.69) is 33.9 Å². The van der Waals surface area contributed by atoms with Crippen LogP contribution in [0.3, 0.4) is 0 Å². The van der Waals surface area contributed by atoms with Crippen LogP contribution in [0.2, 0.25) is 0 Å². The van der Waals surface area contributed by atoms with Crippen LogP contribution in [-0.2, 0) is 28.6 Å². The Bertz CT molecular complexity index is 952. The summed E-state index contributed by atoms with van der Waals surface area (Å²) in [7, 11) is 0. The summed E-state index contributed by atoms with van der Waals surface area (Å²) in [5, 5.41) is 0. The molecule has 0 unspecified atom stereocenters. The van der Waals surface area contributed by atoms with E-state index in [0.29, 0.717) is 35.2 Å². The summed E-state index contributed by atoms with van der Waals surface area (Å²) >= 11 is 0. The molecule has 0 saturated heterocycles. The Labute approximate surface area is 234 Å². The normalized spacial score (nSPS) is 42.4. The molecule has 8 saturated carbocycles. The van der Waals surface area contributed by atoms with E-state index in [0.717, 1.165) is 23.7 Å². The van der Waals surface area contributed by atoms with E-state index >= 15 is 0 Å². The predicted octanol–water partition coefficient (Wildman–Crippen LogP) is 6.43. The summed E-state index contributed by atoms with van der Waals surface area (Å²) in [6, 6.07) is 0. The van der Waals surface area contributed by atoms with Gasteiger partial charge in [-0.25, -0.2) is 14.4 Å². The first kappa shape index (κ1) is 28.4. The lowest BCUT2D eigenvalue weighted by Crippen LogP contribution is -2.62. The van der Waals surface area contributed by atoms with E-state index in [-0.39, 0.29) is 23.8 Å². The molecule has 0 N–H and O–H groups in total. The average molecular weight is 541 g/mol. The van der Waals surface area contributed by atoms with Crippen LogP contribution >= 0.6 is 0 Å². The first-order valence-electron chi connectivity index (χ1n) is 15.3.